The fourth-order valence-corrected chi connectivity index (χ4v) is 5.24. The Kier molecular flexibility index (Phi) is 5.23. The van der Waals surface area contributed by atoms with Gasteiger partial charge < -0.3 is 14.7 Å². The van der Waals surface area contributed by atoms with Crippen LogP contribution in [-0.2, 0) is 4.79 Å². The summed E-state index contributed by atoms with van der Waals surface area (Å²) < 4.78 is 0. The van der Waals surface area contributed by atoms with Gasteiger partial charge in [0.25, 0.3) is 0 Å². The Morgan fingerprint density at radius 2 is 1.70 bits per heavy atom. The highest BCUT2D eigenvalue weighted by atomic mass is 16.2. The molecule has 1 atom stereocenters. The van der Waals surface area contributed by atoms with Crippen LogP contribution in [0.1, 0.15) is 33.1 Å². The van der Waals surface area contributed by atoms with Crippen molar-refractivity contribution in [3.63, 3.8) is 0 Å². The minimum absolute atomic E-state index is 0.0707. The van der Waals surface area contributed by atoms with Crippen LogP contribution in [0.4, 0.5) is 11.5 Å². The molecule has 5 rings (SSSR count). The van der Waals surface area contributed by atoms with Crippen molar-refractivity contribution in [2.45, 2.75) is 45.2 Å². The number of nitrogens with zero attached hydrogens (tertiary/aromatic N) is 6. The molecule has 0 N–H and O–H groups in total. The molecule has 3 aliphatic rings. The maximum Gasteiger partial charge on any atom is 0.240 e. The lowest BCUT2D eigenvalue weighted by molar-refractivity contribution is -0.133. The Morgan fingerprint density at radius 1 is 0.933 bits per heavy atom. The predicted molar refractivity (Wildman–Crippen MR) is 120 cm³/mol. The number of aromatic nitrogens is 2. The van der Waals surface area contributed by atoms with Crippen LogP contribution in [-0.4, -0.2) is 83.6 Å². The molecule has 1 unspecified atom stereocenters. The number of benzene rings is 1. The Labute approximate surface area is 178 Å². The molecule has 0 spiro atoms. The molecule has 1 aromatic carbocycles. The summed E-state index contributed by atoms with van der Waals surface area (Å²) in [4.78, 5) is 31.1. The zero-order chi connectivity index (χ0) is 20.7. The zero-order valence-corrected chi connectivity index (χ0v) is 18.1. The van der Waals surface area contributed by atoms with Crippen LogP contribution in [0.3, 0.4) is 0 Å². The van der Waals surface area contributed by atoms with E-state index in [-0.39, 0.29) is 6.04 Å². The number of rotatable bonds is 4. The van der Waals surface area contributed by atoms with Gasteiger partial charge in [0, 0.05) is 62.9 Å². The Morgan fingerprint density at radius 3 is 2.40 bits per heavy atom. The maximum absolute atomic E-state index is 12.8. The zero-order valence-electron chi connectivity index (χ0n) is 18.1. The smallest absolute Gasteiger partial charge is 0.240 e. The number of carbonyl (C=O) groups is 1. The lowest BCUT2D eigenvalue weighted by atomic mass is 10.1. The van der Waals surface area contributed by atoms with E-state index < -0.39 is 0 Å². The predicted octanol–water partition coefficient (Wildman–Crippen LogP) is 2.36. The quantitative estimate of drug-likeness (QED) is 0.774. The number of piperazine rings is 1. The van der Waals surface area contributed by atoms with Crippen molar-refractivity contribution in [2.24, 2.45) is 0 Å². The summed E-state index contributed by atoms with van der Waals surface area (Å²) in [5.41, 5.74) is 2.25. The molecule has 0 saturated carbocycles. The van der Waals surface area contributed by atoms with E-state index in [0.717, 1.165) is 69.0 Å². The standard InChI is InChI=1S/C23H32N6O/c1-17(2)29-10-7-21(23(29)30)27-13-11-26(12-14-27)18-5-6-20-19(15-18)22(25-16-24-20)28-8-3-4-9-28/h5-6,15-17,21H,3-4,7-14H2,1-2H3. The van der Waals surface area contributed by atoms with E-state index in [0.29, 0.717) is 11.9 Å². The minimum atomic E-state index is 0.0707. The summed E-state index contributed by atoms with van der Waals surface area (Å²) >= 11 is 0. The molecule has 30 heavy (non-hydrogen) atoms. The summed E-state index contributed by atoms with van der Waals surface area (Å²) in [6.45, 7) is 11.0. The summed E-state index contributed by atoms with van der Waals surface area (Å²) in [7, 11) is 0. The number of hydrogen-bond acceptors (Lipinski definition) is 6. The number of fused-ring (bicyclic) bond motifs is 1. The van der Waals surface area contributed by atoms with Gasteiger partial charge in [0.2, 0.25) is 5.91 Å². The highest BCUT2D eigenvalue weighted by Gasteiger charge is 2.38. The summed E-state index contributed by atoms with van der Waals surface area (Å²) in [5.74, 6) is 1.39. The molecule has 7 heteroatoms. The summed E-state index contributed by atoms with van der Waals surface area (Å²) in [5, 5.41) is 1.15. The number of amides is 1. The third kappa shape index (κ3) is 3.49. The molecule has 160 valence electrons. The first-order chi connectivity index (χ1) is 14.6. The van der Waals surface area contributed by atoms with Crippen LogP contribution < -0.4 is 9.80 Å². The van der Waals surface area contributed by atoms with Crippen molar-refractivity contribution in [1.82, 2.24) is 19.8 Å². The largest absolute Gasteiger partial charge is 0.369 e. The molecule has 0 radical (unpaired) electrons. The van der Waals surface area contributed by atoms with Gasteiger partial charge in [0.05, 0.1) is 11.6 Å². The second-order valence-electron chi connectivity index (χ2n) is 9.05. The van der Waals surface area contributed by atoms with E-state index in [4.69, 9.17) is 0 Å². The van der Waals surface area contributed by atoms with Gasteiger partial charge in [-0.1, -0.05) is 0 Å². The average molecular weight is 409 g/mol. The number of likely N-dealkylation sites (tertiary alicyclic amines) is 1. The van der Waals surface area contributed by atoms with E-state index in [1.165, 1.54) is 18.5 Å². The van der Waals surface area contributed by atoms with Gasteiger partial charge in [-0.2, -0.15) is 0 Å². The summed E-state index contributed by atoms with van der Waals surface area (Å²) in [6, 6.07) is 6.94. The van der Waals surface area contributed by atoms with Crippen LogP contribution in [0.25, 0.3) is 10.9 Å². The van der Waals surface area contributed by atoms with Crippen molar-refractivity contribution >= 4 is 28.3 Å². The van der Waals surface area contributed by atoms with E-state index in [1.807, 2.05) is 4.90 Å². The first-order valence-electron chi connectivity index (χ1n) is 11.4. The fourth-order valence-electron chi connectivity index (χ4n) is 5.24. The lowest BCUT2D eigenvalue weighted by Crippen LogP contribution is -2.53. The third-order valence-corrected chi connectivity index (χ3v) is 6.96. The molecule has 4 heterocycles. The molecular formula is C23H32N6O. The van der Waals surface area contributed by atoms with Gasteiger partial charge in [-0.15, -0.1) is 0 Å². The molecule has 2 aromatic rings. The van der Waals surface area contributed by atoms with Gasteiger partial charge >= 0.3 is 0 Å². The molecule has 7 nitrogen and oxygen atoms in total. The van der Waals surface area contributed by atoms with Gasteiger partial charge in [-0.25, -0.2) is 9.97 Å². The second kappa shape index (κ2) is 8.02. The SMILES string of the molecule is CC(C)N1CCC(N2CCN(c3ccc4ncnc(N5CCCC5)c4c3)CC2)C1=O. The monoisotopic (exact) mass is 408 g/mol. The van der Waals surface area contributed by atoms with Crippen molar-refractivity contribution in [2.75, 3.05) is 55.6 Å². The van der Waals surface area contributed by atoms with Gasteiger partial charge in [-0.05, 0) is 51.3 Å². The van der Waals surface area contributed by atoms with Crippen LogP contribution in [0.2, 0.25) is 0 Å². The van der Waals surface area contributed by atoms with Crippen molar-refractivity contribution in [3.8, 4) is 0 Å². The highest BCUT2D eigenvalue weighted by Crippen LogP contribution is 2.30. The fraction of sp³-hybridized carbons (Fsp3) is 0.609. The van der Waals surface area contributed by atoms with E-state index in [9.17, 15) is 4.79 Å². The van der Waals surface area contributed by atoms with Crippen LogP contribution in [0, 0.1) is 0 Å². The van der Waals surface area contributed by atoms with Crippen LogP contribution in [0.15, 0.2) is 24.5 Å². The first-order valence-corrected chi connectivity index (χ1v) is 11.4. The maximum atomic E-state index is 12.8. The minimum Gasteiger partial charge on any atom is -0.369 e. The van der Waals surface area contributed by atoms with Crippen LogP contribution >= 0.6 is 0 Å². The second-order valence-corrected chi connectivity index (χ2v) is 9.05. The number of carbonyl (C=O) groups excluding carboxylic acids is 1. The molecule has 3 saturated heterocycles. The van der Waals surface area contributed by atoms with Crippen molar-refractivity contribution < 1.29 is 4.79 Å². The Balaban J connectivity index is 1.30. The summed E-state index contributed by atoms with van der Waals surface area (Å²) in [6.07, 6.45) is 5.12. The van der Waals surface area contributed by atoms with Gasteiger partial charge in [-0.3, -0.25) is 9.69 Å². The average Bonchev–Trinajstić information content (AvgIpc) is 3.43. The highest BCUT2D eigenvalue weighted by molar-refractivity contribution is 5.92. The number of anilines is 2. The van der Waals surface area contributed by atoms with Gasteiger partial charge in [0.15, 0.2) is 0 Å². The van der Waals surface area contributed by atoms with Gasteiger partial charge in [0.1, 0.15) is 12.1 Å². The lowest BCUT2D eigenvalue weighted by Gasteiger charge is -2.38. The Hall–Kier alpha value is -2.41. The normalized spacial score (nSPS) is 23.4. The molecule has 0 aliphatic carbocycles. The third-order valence-electron chi connectivity index (χ3n) is 6.96. The Bertz CT molecular complexity index is 917. The molecule has 1 aromatic heterocycles. The molecular weight excluding hydrogens is 376 g/mol. The molecule has 1 amide bonds. The van der Waals surface area contributed by atoms with E-state index >= 15 is 0 Å². The van der Waals surface area contributed by atoms with Crippen molar-refractivity contribution in [3.05, 3.63) is 24.5 Å². The number of hydrogen-bond donors (Lipinski definition) is 0. The van der Waals surface area contributed by atoms with E-state index in [2.05, 4.69) is 56.7 Å². The van der Waals surface area contributed by atoms with Crippen molar-refractivity contribution in [1.29, 1.82) is 0 Å². The van der Waals surface area contributed by atoms with Crippen LogP contribution in [0.5, 0.6) is 0 Å². The first kappa shape index (κ1) is 19.5. The molecule has 3 aliphatic heterocycles. The molecule has 3 fully saturated rings. The molecule has 0 bridgehead atoms. The topological polar surface area (TPSA) is 55.8 Å². The van der Waals surface area contributed by atoms with E-state index in [1.54, 1.807) is 6.33 Å².